The van der Waals surface area contributed by atoms with E-state index in [0.29, 0.717) is 0 Å². The van der Waals surface area contributed by atoms with Gasteiger partial charge in [-0.25, -0.2) is 0 Å². The lowest BCUT2D eigenvalue weighted by Gasteiger charge is -2.15. The maximum absolute atomic E-state index is 6.01. The molecule has 19 heavy (non-hydrogen) atoms. The maximum atomic E-state index is 6.01. The summed E-state index contributed by atoms with van der Waals surface area (Å²) < 4.78 is 2.05. The smallest absolute Gasteiger partial charge is 0.0522 e. The van der Waals surface area contributed by atoms with Crippen molar-refractivity contribution < 1.29 is 0 Å². The van der Waals surface area contributed by atoms with Gasteiger partial charge in [-0.1, -0.05) is 30.7 Å². The largest absolute Gasteiger partial charge is 0.305 e. The summed E-state index contributed by atoms with van der Waals surface area (Å²) >= 11 is 6.01. The zero-order valence-corrected chi connectivity index (χ0v) is 12.2. The lowest BCUT2D eigenvalue weighted by Crippen LogP contribution is -2.20. The predicted octanol–water partition coefficient (Wildman–Crippen LogP) is 3.80. The van der Waals surface area contributed by atoms with E-state index in [1.807, 2.05) is 24.4 Å². The zero-order chi connectivity index (χ0) is 13.7. The summed E-state index contributed by atoms with van der Waals surface area (Å²) in [5, 5.41) is 8.61. The molecule has 0 radical (unpaired) electrons. The Morgan fingerprint density at radius 1 is 1.37 bits per heavy atom. The second-order valence-corrected chi connectivity index (χ2v) is 5.14. The van der Waals surface area contributed by atoms with Crippen LogP contribution in [0.5, 0.6) is 0 Å². The number of hydrogen-bond donors (Lipinski definition) is 1. The third-order valence-electron chi connectivity index (χ3n) is 3.18. The summed E-state index contributed by atoms with van der Waals surface area (Å²) in [4.78, 5) is 0. The van der Waals surface area contributed by atoms with Crippen molar-refractivity contribution in [3.63, 3.8) is 0 Å². The number of aryl methyl sites for hydroxylation is 1. The molecule has 2 rings (SSSR count). The van der Waals surface area contributed by atoms with E-state index in [-0.39, 0.29) is 6.04 Å². The fraction of sp³-hybridized carbons (Fsp3) is 0.400. The molecule has 0 aliphatic rings. The molecule has 0 amide bonds. The van der Waals surface area contributed by atoms with Gasteiger partial charge in [0.25, 0.3) is 0 Å². The summed E-state index contributed by atoms with van der Waals surface area (Å²) in [5.41, 5.74) is 2.42. The summed E-state index contributed by atoms with van der Waals surface area (Å²) in [6, 6.07) is 10.3. The minimum atomic E-state index is 0.267. The second-order valence-electron chi connectivity index (χ2n) is 4.70. The van der Waals surface area contributed by atoms with E-state index in [1.165, 1.54) is 11.3 Å². The minimum Gasteiger partial charge on any atom is -0.305 e. The molecule has 0 saturated carbocycles. The van der Waals surface area contributed by atoms with Gasteiger partial charge in [0.1, 0.15) is 0 Å². The van der Waals surface area contributed by atoms with Gasteiger partial charge in [-0.05, 0) is 37.1 Å². The topological polar surface area (TPSA) is 29.9 Å². The van der Waals surface area contributed by atoms with Crippen molar-refractivity contribution in [3.05, 3.63) is 52.8 Å². The molecule has 0 fully saturated rings. The van der Waals surface area contributed by atoms with E-state index >= 15 is 0 Å². The van der Waals surface area contributed by atoms with Crippen molar-refractivity contribution in [3.8, 4) is 0 Å². The Kier molecular flexibility index (Phi) is 5.00. The minimum absolute atomic E-state index is 0.267. The molecule has 4 heteroatoms. The lowest BCUT2D eigenvalue weighted by molar-refractivity contribution is 0.517. The number of nitrogens with zero attached hydrogens (tertiary/aromatic N) is 2. The average Bonchev–Trinajstić information content (AvgIpc) is 2.84. The molecule has 0 spiro atoms. The normalized spacial score (nSPS) is 12.6. The SMILES string of the molecule is CCCn1nccc1CN[C@@H](C)c1cccc(Cl)c1. The Labute approximate surface area is 119 Å². The highest BCUT2D eigenvalue weighted by atomic mass is 35.5. The zero-order valence-electron chi connectivity index (χ0n) is 11.4. The van der Waals surface area contributed by atoms with Crippen LogP contribution >= 0.6 is 11.6 Å². The van der Waals surface area contributed by atoms with Gasteiger partial charge >= 0.3 is 0 Å². The molecule has 0 saturated heterocycles. The number of nitrogens with one attached hydrogen (secondary N) is 1. The first kappa shape index (κ1) is 14.1. The highest BCUT2D eigenvalue weighted by Gasteiger charge is 2.07. The van der Waals surface area contributed by atoms with Crippen molar-refractivity contribution in [2.75, 3.05) is 0 Å². The van der Waals surface area contributed by atoms with E-state index in [0.717, 1.165) is 24.5 Å². The number of rotatable bonds is 6. The van der Waals surface area contributed by atoms with Crippen LogP contribution in [0.4, 0.5) is 0 Å². The fourth-order valence-corrected chi connectivity index (χ4v) is 2.27. The molecular formula is C15H20ClN3. The van der Waals surface area contributed by atoms with Crippen LogP contribution in [0.15, 0.2) is 36.5 Å². The molecule has 2 aromatic rings. The fourth-order valence-electron chi connectivity index (χ4n) is 2.07. The van der Waals surface area contributed by atoms with Gasteiger partial charge in [0.05, 0.1) is 5.69 Å². The van der Waals surface area contributed by atoms with Crippen LogP contribution in [0.25, 0.3) is 0 Å². The summed E-state index contributed by atoms with van der Waals surface area (Å²) in [7, 11) is 0. The van der Waals surface area contributed by atoms with Crippen LogP contribution < -0.4 is 5.32 Å². The quantitative estimate of drug-likeness (QED) is 0.870. The van der Waals surface area contributed by atoms with Crippen LogP contribution in [-0.2, 0) is 13.1 Å². The van der Waals surface area contributed by atoms with Crippen LogP contribution in [0, 0.1) is 0 Å². The number of aromatic nitrogens is 2. The molecule has 102 valence electrons. The molecule has 1 heterocycles. The van der Waals surface area contributed by atoms with Crippen LogP contribution in [0.2, 0.25) is 5.02 Å². The van der Waals surface area contributed by atoms with Gasteiger partial charge < -0.3 is 5.32 Å². The molecule has 3 nitrogen and oxygen atoms in total. The van der Waals surface area contributed by atoms with E-state index in [4.69, 9.17) is 11.6 Å². The third-order valence-corrected chi connectivity index (χ3v) is 3.41. The molecule has 0 aliphatic carbocycles. The highest BCUT2D eigenvalue weighted by Crippen LogP contribution is 2.17. The number of halogens is 1. The van der Waals surface area contributed by atoms with E-state index < -0.39 is 0 Å². The molecule has 0 aliphatic heterocycles. The van der Waals surface area contributed by atoms with Crippen molar-refractivity contribution in [1.29, 1.82) is 0 Å². The molecule has 1 atom stereocenters. The van der Waals surface area contributed by atoms with Gasteiger partial charge in [0.15, 0.2) is 0 Å². The maximum Gasteiger partial charge on any atom is 0.0522 e. The Morgan fingerprint density at radius 2 is 2.21 bits per heavy atom. The molecule has 1 aromatic heterocycles. The van der Waals surface area contributed by atoms with Crippen molar-refractivity contribution in [2.24, 2.45) is 0 Å². The Morgan fingerprint density at radius 3 is 2.95 bits per heavy atom. The molecule has 0 unspecified atom stereocenters. The first-order valence-electron chi connectivity index (χ1n) is 6.70. The highest BCUT2D eigenvalue weighted by molar-refractivity contribution is 6.30. The second kappa shape index (κ2) is 6.73. The number of hydrogen-bond acceptors (Lipinski definition) is 2. The van der Waals surface area contributed by atoms with Crippen molar-refractivity contribution in [2.45, 2.75) is 39.4 Å². The first-order chi connectivity index (χ1) is 9.20. The van der Waals surface area contributed by atoms with Gasteiger partial charge in [-0.2, -0.15) is 5.10 Å². The van der Waals surface area contributed by atoms with Gasteiger partial charge in [-0.3, -0.25) is 4.68 Å². The average molecular weight is 278 g/mol. The van der Waals surface area contributed by atoms with E-state index in [1.54, 1.807) is 0 Å². The molecular weight excluding hydrogens is 258 g/mol. The standard InChI is InChI=1S/C15H20ClN3/c1-3-9-19-15(7-8-18-19)11-17-12(2)13-5-4-6-14(16)10-13/h4-8,10,12,17H,3,9,11H2,1-2H3/t12-/m0/s1. The Bertz CT molecular complexity index is 522. The van der Waals surface area contributed by atoms with E-state index in [9.17, 15) is 0 Å². The van der Waals surface area contributed by atoms with Gasteiger partial charge in [-0.15, -0.1) is 0 Å². The lowest BCUT2D eigenvalue weighted by atomic mass is 10.1. The molecule has 0 bridgehead atoms. The summed E-state index contributed by atoms with van der Waals surface area (Å²) in [5.74, 6) is 0. The van der Waals surface area contributed by atoms with Crippen molar-refractivity contribution >= 4 is 11.6 Å². The van der Waals surface area contributed by atoms with Gasteiger partial charge in [0.2, 0.25) is 0 Å². The Balaban J connectivity index is 1.96. The Hall–Kier alpha value is -1.32. The van der Waals surface area contributed by atoms with Crippen LogP contribution in [-0.4, -0.2) is 9.78 Å². The number of benzene rings is 1. The van der Waals surface area contributed by atoms with Crippen LogP contribution in [0.1, 0.15) is 37.6 Å². The summed E-state index contributed by atoms with van der Waals surface area (Å²) in [6.07, 6.45) is 2.95. The first-order valence-corrected chi connectivity index (χ1v) is 7.08. The monoisotopic (exact) mass is 277 g/mol. The predicted molar refractivity (Wildman–Crippen MR) is 79.2 cm³/mol. The van der Waals surface area contributed by atoms with Gasteiger partial charge in [0, 0.05) is 30.4 Å². The van der Waals surface area contributed by atoms with Crippen molar-refractivity contribution in [1.82, 2.24) is 15.1 Å². The third kappa shape index (κ3) is 3.82. The van der Waals surface area contributed by atoms with E-state index in [2.05, 4.69) is 41.1 Å². The molecule has 1 N–H and O–H groups in total. The van der Waals surface area contributed by atoms with Crippen LogP contribution in [0.3, 0.4) is 0 Å². The molecule has 1 aromatic carbocycles. The summed E-state index contributed by atoms with van der Waals surface area (Å²) in [6.45, 7) is 6.09.